The number of rotatable bonds is 5. The van der Waals surface area contributed by atoms with Crippen LogP contribution in [0, 0.1) is 0 Å². The van der Waals surface area contributed by atoms with E-state index in [0.717, 1.165) is 16.3 Å². The van der Waals surface area contributed by atoms with E-state index in [1.165, 1.54) is 0 Å². The van der Waals surface area contributed by atoms with Crippen molar-refractivity contribution in [3.05, 3.63) is 29.8 Å². The van der Waals surface area contributed by atoms with Gasteiger partial charge in [0.2, 0.25) is 0 Å². The Labute approximate surface area is 107 Å². The van der Waals surface area contributed by atoms with Crippen molar-refractivity contribution in [3.63, 3.8) is 0 Å². The second kappa shape index (κ2) is 6.50. The van der Waals surface area contributed by atoms with Crippen LogP contribution in [-0.4, -0.2) is 30.0 Å². The lowest BCUT2D eigenvalue weighted by atomic mass is 10.2. The number of thiocarbonyl (C=S) groups is 1. The summed E-state index contributed by atoms with van der Waals surface area (Å²) in [7, 11) is 0. The highest BCUT2D eigenvalue weighted by molar-refractivity contribution is 7.80. The van der Waals surface area contributed by atoms with E-state index in [-0.39, 0.29) is 17.5 Å². The first kappa shape index (κ1) is 13.8. The summed E-state index contributed by atoms with van der Waals surface area (Å²) in [5, 5.41) is 12.7. The average Bonchev–Trinajstić information content (AvgIpc) is 2.28. The maximum Gasteiger partial charge on any atom is 0.190 e. The van der Waals surface area contributed by atoms with Crippen LogP contribution in [-0.2, 0) is 17.6 Å². The first-order valence-electron chi connectivity index (χ1n) is 4.65. The number of hydrogen-bond donors (Lipinski definition) is 4. The molecule has 1 unspecified atom stereocenters. The van der Waals surface area contributed by atoms with E-state index in [9.17, 15) is 9.42 Å². The van der Waals surface area contributed by atoms with Gasteiger partial charge in [0.15, 0.2) is 16.2 Å². The summed E-state index contributed by atoms with van der Waals surface area (Å²) in [6.07, 6.45) is 0. The van der Waals surface area contributed by atoms with Crippen molar-refractivity contribution in [2.24, 2.45) is 5.73 Å². The fourth-order valence-electron chi connectivity index (χ4n) is 1.12. The summed E-state index contributed by atoms with van der Waals surface area (Å²) >= 11 is 2.71. The maximum atomic E-state index is 10.4. The molecule has 6 nitrogen and oxygen atoms in total. The fraction of sp³-hybridized carbons (Fsp3) is 0.222. The third-order valence-electron chi connectivity index (χ3n) is 1.94. The van der Waals surface area contributed by atoms with Crippen molar-refractivity contribution >= 4 is 34.1 Å². The smallest absolute Gasteiger partial charge is 0.190 e. The normalized spacial score (nSPS) is 11.9. The van der Waals surface area contributed by atoms with Crippen LogP contribution < -0.4 is 11.1 Å². The lowest BCUT2D eigenvalue weighted by Crippen LogP contribution is -2.31. The molecule has 5 N–H and O–H groups in total. The molecule has 17 heavy (non-hydrogen) atoms. The van der Waals surface area contributed by atoms with Crippen molar-refractivity contribution < 1.29 is 14.0 Å². The molecule has 0 spiro atoms. The number of nitrogens with zero attached hydrogens (tertiary/aromatic N) is 1. The van der Waals surface area contributed by atoms with Crippen molar-refractivity contribution in [1.82, 2.24) is 5.06 Å². The minimum atomic E-state index is -1.88. The Bertz CT molecular complexity index is 410. The zero-order valence-electron chi connectivity index (χ0n) is 8.87. The predicted molar refractivity (Wildman–Crippen MR) is 69.8 cm³/mol. The van der Waals surface area contributed by atoms with Crippen molar-refractivity contribution in [2.45, 2.75) is 6.54 Å². The van der Waals surface area contributed by atoms with Crippen molar-refractivity contribution in [3.8, 4) is 0 Å². The van der Waals surface area contributed by atoms with Crippen LogP contribution in [0.5, 0.6) is 0 Å². The molecule has 0 aliphatic heterocycles. The van der Waals surface area contributed by atoms with Crippen LogP contribution in [0.2, 0.25) is 0 Å². The van der Waals surface area contributed by atoms with E-state index in [1.54, 1.807) is 24.3 Å². The highest BCUT2D eigenvalue weighted by Gasteiger charge is 2.03. The van der Waals surface area contributed by atoms with Crippen LogP contribution in [0.1, 0.15) is 5.56 Å². The molecule has 1 rings (SSSR count). The molecule has 0 radical (unpaired) electrons. The molecule has 0 amide bonds. The van der Waals surface area contributed by atoms with Gasteiger partial charge in [0.05, 0.1) is 6.54 Å². The van der Waals surface area contributed by atoms with E-state index in [1.807, 2.05) is 0 Å². The van der Waals surface area contributed by atoms with Gasteiger partial charge in [-0.15, -0.1) is 0 Å². The van der Waals surface area contributed by atoms with Crippen molar-refractivity contribution in [1.29, 1.82) is 0 Å². The Morgan fingerprint density at radius 3 is 2.53 bits per heavy atom. The minimum Gasteiger partial charge on any atom is -0.374 e. The number of nitrogens with one attached hydrogen (secondary N) is 1. The molecular weight excluding hydrogens is 262 g/mol. The summed E-state index contributed by atoms with van der Waals surface area (Å²) in [4.78, 5) is 0. The molecule has 8 heteroatoms. The topological polar surface area (TPSA) is 98.8 Å². The number of hydrogen-bond acceptors (Lipinski definition) is 4. The number of nitrogens with two attached hydrogens (primary N) is 1. The fourth-order valence-corrected chi connectivity index (χ4v) is 1.48. The molecule has 0 saturated carbocycles. The largest absolute Gasteiger partial charge is 0.374 e. The molecule has 0 saturated heterocycles. The van der Waals surface area contributed by atoms with Crippen LogP contribution >= 0.6 is 12.2 Å². The van der Waals surface area contributed by atoms with E-state index in [0.29, 0.717) is 0 Å². The molecule has 94 valence electrons. The molecule has 0 heterocycles. The first-order valence-corrected chi connectivity index (χ1v) is 6.33. The predicted octanol–water partition coefficient (Wildman–Crippen LogP) is 0.712. The Hall–Kier alpha value is -1.22. The van der Waals surface area contributed by atoms with Crippen LogP contribution in [0.3, 0.4) is 0 Å². The van der Waals surface area contributed by atoms with Gasteiger partial charge >= 0.3 is 0 Å². The van der Waals surface area contributed by atoms with Gasteiger partial charge in [0.25, 0.3) is 0 Å². The average molecular weight is 275 g/mol. The van der Waals surface area contributed by atoms with Gasteiger partial charge in [-0.1, -0.05) is 12.1 Å². The minimum absolute atomic E-state index is 0.0294. The number of anilines is 1. The second-order valence-corrected chi connectivity index (χ2v) is 4.59. The SMILES string of the molecule is NC(=S)N(O)Cc1ccc(NCS(=O)O)cc1. The maximum absolute atomic E-state index is 10.4. The Balaban J connectivity index is 2.55. The molecule has 0 bridgehead atoms. The van der Waals surface area contributed by atoms with Gasteiger partial charge in [0, 0.05) is 5.69 Å². The monoisotopic (exact) mass is 275 g/mol. The van der Waals surface area contributed by atoms with Gasteiger partial charge in [0.1, 0.15) is 5.88 Å². The third-order valence-corrected chi connectivity index (χ3v) is 2.54. The molecule has 1 atom stereocenters. The molecule has 1 aromatic carbocycles. The van der Waals surface area contributed by atoms with E-state index in [4.69, 9.17) is 10.3 Å². The molecular formula is C9H13N3O3S2. The highest BCUT2D eigenvalue weighted by Crippen LogP contribution is 2.10. The Kier molecular flexibility index (Phi) is 5.29. The zero-order chi connectivity index (χ0) is 12.8. The van der Waals surface area contributed by atoms with Gasteiger partial charge in [-0.3, -0.25) is 5.21 Å². The molecule has 0 aromatic heterocycles. The van der Waals surface area contributed by atoms with Gasteiger partial charge in [-0.25, -0.2) is 9.27 Å². The molecule has 0 aliphatic rings. The zero-order valence-corrected chi connectivity index (χ0v) is 10.5. The summed E-state index contributed by atoms with van der Waals surface area (Å²) in [6, 6.07) is 6.97. The Morgan fingerprint density at radius 2 is 2.06 bits per heavy atom. The van der Waals surface area contributed by atoms with Crippen LogP contribution in [0.15, 0.2) is 24.3 Å². The molecule has 0 aliphatic carbocycles. The summed E-state index contributed by atoms with van der Waals surface area (Å²) in [5.74, 6) is -0.0294. The standard InChI is InChI=1S/C9H13N3O3S2/c10-9(16)12(13)5-7-1-3-8(4-2-7)11-6-17(14)15/h1-4,11,13H,5-6H2,(H2,10,16)(H,14,15). The second-order valence-electron chi connectivity index (χ2n) is 3.24. The van der Waals surface area contributed by atoms with Gasteiger partial charge in [-0.05, 0) is 29.9 Å². The lowest BCUT2D eigenvalue weighted by molar-refractivity contribution is -0.0211. The van der Waals surface area contributed by atoms with Gasteiger partial charge < -0.3 is 15.6 Å². The third kappa shape index (κ3) is 5.09. The summed E-state index contributed by atoms with van der Waals surface area (Å²) in [5.41, 5.74) is 6.76. The number of hydroxylamine groups is 2. The molecule has 1 aromatic rings. The van der Waals surface area contributed by atoms with E-state index in [2.05, 4.69) is 17.5 Å². The summed E-state index contributed by atoms with van der Waals surface area (Å²) < 4.78 is 19.0. The van der Waals surface area contributed by atoms with Crippen LogP contribution in [0.4, 0.5) is 5.69 Å². The first-order chi connectivity index (χ1) is 7.99. The van der Waals surface area contributed by atoms with Crippen molar-refractivity contribution in [2.75, 3.05) is 11.2 Å². The van der Waals surface area contributed by atoms with Crippen LogP contribution in [0.25, 0.3) is 0 Å². The quantitative estimate of drug-likeness (QED) is 0.357. The van der Waals surface area contributed by atoms with E-state index >= 15 is 0 Å². The highest BCUT2D eigenvalue weighted by atomic mass is 32.2. The molecule has 0 fully saturated rings. The summed E-state index contributed by atoms with van der Waals surface area (Å²) in [6.45, 7) is 0.196. The lowest BCUT2D eigenvalue weighted by Gasteiger charge is -2.14. The van der Waals surface area contributed by atoms with E-state index < -0.39 is 11.1 Å². The number of benzene rings is 1. The Morgan fingerprint density at radius 1 is 1.47 bits per heavy atom. The van der Waals surface area contributed by atoms with Gasteiger partial charge in [-0.2, -0.15) is 0 Å².